The summed E-state index contributed by atoms with van der Waals surface area (Å²) < 4.78 is 33.1. The van der Waals surface area contributed by atoms with Gasteiger partial charge in [0.2, 0.25) is 10.0 Å². The van der Waals surface area contributed by atoms with Gasteiger partial charge in [-0.15, -0.1) is 0 Å². The summed E-state index contributed by atoms with van der Waals surface area (Å²) in [7, 11) is -2.39. The third-order valence-corrected chi connectivity index (χ3v) is 6.57. The van der Waals surface area contributed by atoms with Crippen molar-refractivity contribution in [3.63, 3.8) is 0 Å². The molecule has 0 unspecified atom stereocenters. The highest BCUT2D eigenvalue weighted by molar-refractivity contribution is 7.89. The van der Waals surface area contributed by atoms with Gasteiger partial charge in [0.25, 0.3) is 0 Å². The van der Waals surface area contributed by atoms with Gasteiger partial charge in [-0.3, -0.25) is 0 Å². The zero-order valence-electron chi connectivity index (χ0n) is 15.2. The summed E-state index contributed by atoms with van der Waals surface area (Å²) >= 11 is 6.29. The second-order valence-corrected chi connectivity index (χ2v) is 8.72. The minimum atomic E-state index is -3.81. The van der Waals surface area contributed by atoms with Crippen molar-refractivity contribution in [2.75, 3.05) is 7.11 Å². The lowest BCUT2D eigenvalue weighted by Crippen LogP contribution is -2.15. The summed E-state index contributed by atoms with van der Waals surface area (Å²) in [6.45, 7) is 1.94. The molecule has 144 valence electrons. The van der Waals surface area contributed by atoms with Crippen LogP contribution in [-0.4, -0.2) is 29.6 Å². The maximum absolute atomic E-state index is 13.3. The Morgan fingerprint density at radius 2 is 1.86 bits per heavy atom. The molecule has 0 saturated carbocycles. The van der Waals surface area contributed by atoms with E-state index in [9.17, 15) is 13.5 Å². The molecule has 0 amide bonds. The molecule has 4 aromatic rings. The van der Waals surface area contributed by atoms with Gasteiger partial charge in [-0.25, -0.2) is 17.4 Å². The molecule has 0 bridgehead atoms. The van der Waals surface area contributed by atoms with Crippen LogP contribution in [0.2, 0.25) is 5.15 Å². The van der Waals surface area contributed by atoms with Crippen LogP contribution in [0.3, 0.4) is 0 Å². The highest BCUT2D eigenvalue weighted by atomic mass is 35.5. The van der Waals surface area contributed by atoms with Crippen LogP contribution in [0.1, 0.15) is 11.1 Å². The van der Waals surface area contributed by atoms with Crippen LogP contribution in [0, 0.1) is 6.92 Å². The number of phenols is 1. The number of methoxy groups -OCH3 is 1. The fourth-order valence-electron chi connectivity index (χ4n) is 3.32. The first kappa shape index (κ1) is 18.6. The second-order valence-electron chi connectivity index (χ2n) is 6.54. The number of nitrogens with zero attached hydrogens (tertiary/aromatic N) is 2. The molecule has 0 spiro atoms. The quantitative estimate of drug-likeness (QED) is 0.503. The van der Waals surface area contributed by atoms with Gasteiger partial charge in [0.15, 0.2) is 11.5 Å². The van der Waals surface area contributed by atoms with Gasteiger partial charge in [0.05, 0.1) is 23.9 Å². The van der Waals surface area contributed by atoms with Gasteiger partial charge in [-0.1, -0.05) is 41.4 Å². The molecule has 0 saturated heterocycles. The maximum Gasteiger partial charge on any atom is 0.243 e. The molecule has 1 N–H and O–H groups in total. The third kappa shape index (κ3) is 2.96. The van der Waals surface area contributed by atoms with Crippen LogP contribution in [0.4, 0.5) is 0 Å². The Balaban J connectivity index is 2.03. The highest BCUT2D eigenvalue weighted by Gasteiger charge is 2.24. The molecule has 2 aromatic heterocycles. The summed E-state index contributed by atoms with van der Waals surface area (Å²) in [5, 5.41) is 11.4. The fourth-order valence-corrected chi connectivity index (χ4v) is 5.22. The first-order valence-corrected chi connectivity index (χ1v) is 10.4. The Kier molecular flexibility index (Phi) is 4.44. The van der Waals surface area contributed by atoms with Gasteiger partial charge in [0.1, 0.15) is 5.15 Å². The van der Waals surface area contributed by atoms with E-state index in [1.807, 2.05) is 19.1 Å². The monoisotopic (exact) mass is 416 g/mol. The van der Waals surface area contributed by atoms with Gasteiger partial charge < -0.3 is 9.84 Å². The number of fused-ring (bicyclic) bond motifs is 3. The van der Waals surface area contributed by atoms with Gasteiger partial charge >= 0.3 is 0 Å². The van der Waals surface area contributed by atoms with Crippen LogP contribution < -0.4 is 4.74 Å². The molecule has 6 nitrogen and oxygen atoms in total. The Bertz CT molecular complexity index is 1310. The normalized spacial score (nSPS) is 12.0. The molecule has 0 atom stereocenters. The minimum Gasteiger partial charge on any atom is -0.504 e. The van der Waals surface area contributed by atoms with Gasteiger partial charge in [-0.2, -0.15) is 0 Å². The lowest BCUT2D eigenvalue weighted by molar-refractivity contribution is 0.374. The van der Waals surface area contributed by atoms with E-state index < -0.39 is 10.0 Å². The van der Waals surface area contributed by atoms with Crippen molar-refractivity contribution < 1.29 is 18.3 Å². The van der Waals surface area contributed by atoms with Crippen molar-refractivity contribution in [1.29, 1.82) is 0 Å². The smallest absolute Gasteiger partial charge is 0.243 e. The lowest BCUT2D eigenvalue weighted by atomic mass is 10.2. The Morgan fingerprint density at radius 1 is 1.14 bits per heavy atom. The zero-order valence-corrected chi connectivity index (χ0v) is 16.8. The van der Waals surface area contributed by atoms with Gasteiger partial charge in [-0.05, 0) is 24.6 Å². The van der Waals surface area contributed by atoms with Crippen LogP contribution >= 0.6 is 11.6 Å². The average Bonchev–Trinajstić information content (AvgIpc) is 2.97. The molecule has 0 aliphatic rings. The molecule has 2 aromatic carbocycles. The Labute approximate surface area is 167 Å². The van der Waals surface area contributed by atoms with E-state index in [2.05, 4.69) is 4.98 Å². The number of hydrogen-bond acceptors (Lipinski definition) is 5. The van der Waals surface area contributed by atoms with Crippen LogP contribution in [-0.2, 0) is 15.8 Å². The lowest BCUT2D eigenvalue weighted by Gasteiger charge is -2.10. The van der Waals surface area contributed by atoms with Crippen molar-refractivity contribution >= 4 is 43.4 Å². The first-order chi connectivity index (χ1) is 13.3. The molecule has 28 heavy (non-hydrogen) atoms. The van der Waals surface area contributed by atoms with Crippen molar-refractivity contribution in [2.45, 2.75) is 12.7 Å². The molecule has 0 fully saturated rings. The molecule has 0 aliphatic heterocycles. The highest BCUT2D eigenvalue weighted by Crippen LogP contribution is 2.40. The van der Waals surface area contributed by atoms with Crippen molar-refractivity contribution in [1.82, 2.24) is 8.96 Å². The predicted octanol–water partition coefficient (Wildman–Crippen LogP) is 4.24. The number of benzene rings is 2. The van der Waals surface area contributed by atoms with Crippen molar-refractivity contribution in [3.8, 4) is 11.5 Å². The SMILES string of the molecule is COc1cc2c3c(Cl)nccc3n(S(=O)(=O)Cc3ccc(C)cc3)c2cc1O. The van der Waals surface area contributed by atoms with E-state index in [-0.39, 0.29) is 22.4 Å². The number of ether oxygens (including phenoxy) is 1. The number of aryl methyl sites for hydroxylation is 1. The van der Waals surface area contributed by atoms with E-state index in [1.54, 1.807) is 24.3 Å². The number of phenolic OH excluding ortho intramolecular Hbond substituents is 1. The zero-order chi connectivity index (χ0) is 20.1. The Hall–Kier alpha value is -2.77. The first-order valence-electron chi connectivity index (χ1n) is 8.46. The van der Waals surface area contributed by atoms with E-state index in [1.165, 1.54) is 23.3 Å². The number of rotatable bonds is 4. The molecular formula is C20H17ClN2O4S. The van der Waals surface area contributed by atoms with E-state index in [4.69, 9.17) is 16.3 Å². The number of aromatic hydroxyl groups is 1. The topological polar surface area (TPSA) is 81.4 Å². The number of pyridine rings is 1. The maximum atomic E-state index is 13.3. The molecule has 8 heteroatoms. The summed E-state index contributed by atoms with van der Waals surface area (Å²) in [5.41, 5.74) is 2.43. The van der Waals surface area contributed by atoms with Crippen LogP contribution in [0.5, 0.6) is 11.5 Å². The molecule has 2 heterocycles. The fraction of sp³-hybridized carbons (Fsp3) is 0.150. The largest absolute Gasteiger partial charge is 0.504 e. The summed E-state index contributed by atoms with van der Waals surface area (Å²) in [6.07, 6.45) is 1.46. The number of aromatic nitrogens is 2. The van der Waals surface area contributed by atoms with Crippen molar-refractivity contribution in [2.24, 2.45) is 0 Å². The minimum absolute atomic E-state index is 0.159. The summed E-state index contributed by atoms with van der Waals surface area (Å²) in [5.74, 6) is -0.130. The molecule has 0 aliphatic carbocycles. The summed E-state index contributed by atoms with van der Waals surface area (Å²) in [4.78, 5) is 4.08. The number of hydrogen-bond donors (Lipinski definition) is 1. The molecule has 0 radical (unpaired) electrons. The van der Waals surface area contributed by atoms with Gasteiger partial charge in [0, 0.05) is 23.0 Å². The average molecular weight is 417 g/mol. The van der Waals surface area contributed by atoms with Crippen LogP contribution in [0.25, 0.3) is 21.8 Å². The predicted molar refractivity (Wildman–Crippen MR) is 110 cm³/mol. The Morgan fingerprint density at radius 3 is 2.54 bits per heavy atom. The molecular weight excluding hydrogens is 400 g/mol. The van der Waals surface area contributed by atoms with Crippen LogP contribution in [0.15, 0.2) is 48.7 Å². The third-order valence-electron chi connectivity index (χ3n) is 4.63. The number of halogens is 1. The van der Waals surface area contributed by atoms with E-state index in [0.717, 1.165) is 5.56 Å². The van der Waals surface area contributed by atoms with E-state index >= 15 is 0 Å². The van der Waals surface area contributed by atoms with Crippen molar-refractivity contribution in [3.05, 3.63) is 64.9 Å². The summed E-state index contributed by atoms with van der Waals surface area (Å²) in [6, 6.07) is 11.8. The standard InChI is InChI=1S/C20H17ClN2O4S/c1-12-3-5-13(6-4-12)11-28(25,26)23-15-7-8-22-20(21)19(15)14-9-18(27-2)17(24)10-16(14)23/h3-10,24H,11H2,1-2H3. The van der Waals surface area contributed by atoms with E-state index in [0.29, 0.717) is 27.4 Å². The second kappa shape index (κ2) is 6.68. The molecule has 4 rings (SSSR count).